The van der Waals surface area contributed by atoms with Gasteiger partial charge in [-0.05, 0) is 53.4 Å². The molecule has 0 spiro atoms. The second-order valence-corrected chi connectivity index (χ2v) is 6.41. The smallest absolute Gasteiger partial charge is 0.337 e. The molecule has 3 rings (SSSR count). The van der Waals surface area contributed by atoms with Gasteiger partial charge in [0.05, 0.1) is 12.7 Å². The number of aromatic nitrogens is 3. The molecular formula is C20H22N4O4. The van der Waals surface area contributed by atoms with Gasteiger partial charge in [0.15, 0.2) is 6.61 Å². The van der Waals surface area contributed by atoms with Gasteiger partial charge >= 0.3 is 5.97 Å². The van der Waals surface area contributed by atoms with Gasteiger partial charge in [-0.15, -0.1) is 5.10 Å². The predicted octanol–water partition coefficient (Wildman–Crippen LogP) is 2.80. The Morgan fingerprint density at radius 3 is 2.61 bits per heavy atom. The molecule has 1 amide bonds. The van der Waals surface area contributed by atoms with E-state index < -0.39 is 5.97 Å². The number of nitrogens with one attached hydrogen (secondary N) is 1. The van der Waals surface area contributed by atoms with Crippen LogP contribution in [0.15, 0.2) is 42.5 Å². The average molecular weight is 382 g/mol. The van der Waals surface area contributed by atoms with Crippen LogP contribution in [0.25, 0.3) is 11.0 Å². The van der Waals surface area contributed by atoms with E-state index >= 15 is 0 Å². The number of carbonyl (C=O) groups is 2. The third-order valence-corrected chi connectivity index (χ3v) is 4.53. The summed E-state index contributed by atoms with van der Waals surface area (Å²) >= 11 is 0. The summed E-state index contributed by atoms with van der Waals surface area (Å²) in [5.74, 6) is -0.333. The zero-order valence-electron chi connectivity index (χ0n) is 16.0. The Bertz CT molecular complexity index is 982. The molecular weight excluding hydrogens is 360 g/mol. The lowest BCUT2D eigenvalue weighted by atomic mass is 9.99. The minimum atomic E-state index is -0.478. The van der Waals surface area contributed by atoms with Gasteiger partial charge in [-0.3, -0.25) is 4.79 Å². The van der Waals surface area contributed by atoms with E-state index in [2.05, 4.69) is 29.5 Å². The SMILES string of the molecule is CC[C@H](C)c1ccc(NC(=O)COn2nnc3ccc(C(=O)OC)cc32)cc1. The zero-order valence-corrected chi connectivity index (χ0v) is 16.0. The summed E-state index contributed by atoms with van der Waals surface area (Å²) in [4.78, 5) is 30.4. The molecule has 3 aromatic rings. The Labute approximate surface area is 162 Å². The number of carbonyl (C=O) groups excluding carboxylic acids is 2. The molecule has 146 valence electrons. The summed E-state index contributed by atoms with van der Waals surface area (Å²) < 4.78 is 4.70. The van der Waals surface area contributed by atoms with E-state index in [4.69, 9.17) is 9.57 Å². The van der Waals surface area contributed by atoms with Crippen LogP contribution >= 0.6 is 0 Å². The van der Waals surface area contributed by atoms with E-state index in [9.17, 15) is 9.59 Å². The van der Waals surface area contributed by atoms with Gasteiger partial charge in [-0.25, -0.2) is 4.79 Å². The van der Waals surface area contributed by atoms with Gasteiger partial charge in [0, 0.05) is 5.69 Å². The molecule has 0 aliphatic rings. The number of anilines is 1. The van der Waals surface area contributed by atoms with E-state index in [-0.39, 0.29) is 12.5 Å². The molecule has 0 bridgehead atoms. The van der Waals surface area contributed by atoms with Crippen LogP contribution in [-0.4, -0.2) is 40.8 Å². The Hall–Kier alpha value is -3.42. The van der Waals surface area contributed by atoms with Crippen molar-refractivity contribution in [2.45, 2.75) is 26.2 Å². The van der Waals surface area contributed by atoms with Crippen molar-refractivity contribution in [2.24, 2.45) is 0 Å². The molecule has 1 heterocycles. The first-order chi connectivity index (χ1) is 13.5. The van der Waals surface area contributed by atoms with Gasteiger partial charge in [0.25, 0.3) is 5.91 Å². The van der Waals surface area contributed by atoms with Crippen LogP contribution in [0.5, 0.6) is 0 Å². The van der Waals surface area contributed by atoms with E-state index in [0.717, 1.165) is 11.3 Å². The minimum Gasteiger partial charge on any atom is -0.465 e. The number of nitrogens with zero attached hydrogens (tertiary/aromatic N) is 3. The molecule has 0 aliphatic heterocycles. The Kier molecular flexibility index (Phi) is 5.88. The molecule has 1 aromatic heterocycles. The molecule has 8 nitrogen and oxygen atoms in total. The zero-order chi connectivity index (χ0) is 20.1. The van der Waals surface area contributed by atoms with Crippen molar-refractivity contribution >= 4 is 28.6 Å². The largest absolute Gasteiger partial charge is 0.465 e. The summed E-state index contributed by atoms with van der Waals surface area (Å²) in [5, 5.41) is 10.6. The molecule has 2 aromatic carbocycles. The number of fused-ring (bicyclic) bond motifs is 1. The van der Waals surface area contributed by atoms with Crippen molar-refractivity contribution in [3.8, 4) is 0 Å². The van der Waals surface area contributed by atoms with Gasteiger partial charge in [-0.1, -0.05) is 30.8 Å². The number of ether oxygens (including phenoxy) is 1. The molecule has 1 N–H and O–H groups in total. The van der Waals surface area contributed by atoms with Crippen LogP contribution in [0.1, 0.15) is 42.1 Å². The highest BCUT2D eigenvalue weighted by Crippen LogP contribution is 2.20. The maximum Gasteiger partial charge on any atom is 0.337 e. The lowest BCUT2D eigenvalue weighted by molar-refractivity contribution is -0.121. The van der Waals surface area contributed by atoms with Crippen LogP contribution in [0.2, 0.25) is 0 Å². The lowest BCUT2D eigenvalue weighted by Gasteiger charge is -2.11. The number of benzene rings is 2. The third-order valence-electron chi connectivity index (χ3n) is 4.53. The van der Waals surface area contributed by atoms with E-state index in [1.165, 1.54) is 12.7 Å². The summed E-state index contributed by atoms with van der Waals surface area (Å²) in [6.45, 7) is 4.04. The van der Waals surface area contributed by atoms with Crippen LogP contribution in [0, 0.1) is 0 Å². The van der Waals surface area contributed by atoms with E-state index in [1.54, 1.807) is 18.2 Å². The quantitative estimate of drug-likeness (QED) is 0.632. The van der Waals surface area contributed by atoms with Gasteiger partial charge in [-0.2, -0.15) is 0 Å². The molecule has 0 fully saturated rings. The van der Waals surface area contributed by atoms with Crippen molar-refractivity contribution in [1.29, 1.82) is 0 Å². The molecule has 8 heteroatoms. The number of hydrogen-bond acceptors (Lipinski definition) is 6. The van der Waals surface area contributed by atoms with Crippen molar-refractivity contribution < 1.29 is 19.2 Å². The Morgan fingerprint density at radius 1 is 1.18 bits per heavy atom. The second kappa shape index (κ2) is 8.51. The monoisotopic (exact) mass is 382 g/mol. The van der Waals surface area contributed by atoms with Crippen molar-refractivity contribution in [2.75, 3.05) is 19.0 Å². The number of amides is 1. The van der Waals surface area contributed by atoms with Crippen LogP contribution < -0.4 is 10.2 Å². The molecule has 0 aliphatic carbocycles. The number of rotatable bonds is 7. The molecule has 0 saturated carbocycles. The molecule has 28 heavy (non-hydrogen) atoms. The first-order valence-electron chi connectivity index (χ1n) is 8.98. The number of hydrogen-bond donors (Lipinski definition) is 1. The molecule has 0 saturated heterocycles. The topological polar surface area (TPSA) is 95.3 Å². The summed E-state index contributed by atoms with van der Waals surface area (Å²) in [6.07, 6.45) is 1.06. The fourth-order valence-electron chi connectivity index (χ4n) is 2.69. The number of methoxy groups -OCH3 is 1. The predicted molar refractivity (Wildman–Crippen MR) is 104 cm³/mol. The van der Waals surface area contributed by atoms with E-state index in [1.807, 2.05) is 24.3 Å². The highest BCUT2D eigenvalue weighted by Gasteiger charge is 2.12. The maximum absolute atomic E-state index is 12.2. The molecule has 0 radical (unpaired) electrons. The average Bonchev–Trinajstić information content (AvgIpc) is 3.13. The normalized spacial score (nSPS) is 11.8. The Balaban J connectivity index is 1.63. The maximum atomic E-state index is 12.2. The number of esters is 1. The standard InChI is InChI=1S/C20H22N4O4/c1-4-13(2)14-5-8-16(9-6-14)21-19(25)12-28-24-18-11-15(20(26)27-3)7-10-17(18)22-23-24/h5-11,13H,4,12H2,1-3H3,(H,21,25)/t13-/m0/s1. The molecule has 0 unspecified atom stereocenters. The van der Waals surface area contributed by atoms with Crippen molar-refractivity contribution in [3.05, 3.63) is 53.6 Å². The van der Waals surface area contributed by atoms with Gasteiger partial charge in [0.2, 0.25) is 0 Å². The van der Waals surface area contributed by atoms with E-state index in [0.29, 0.717) is 28.2 Å². The second-order valence-electron chi connectivity index (χ2n) is 6.41. The minimum absolute atomic E-state index is 0.256. The molecule has 1 atom stereocenters. The highest BCUT2D eigenvalue weighted by molar-refractivity contribution is 5.93. The lowest BCUT2D eigenvalue weighted by Crippen LogP contribution is -2.26. The van der Waals surface area contributed by atoms with Crippen molar-refractivity contribution in [1.82, 2.24) is 15.2 Å². The fourth-order valence-corrected chi connectivity index (χ4v) is 2.69. The fraction of sp³-hybridized carbons (Fsp3) is 0.300. The van der Waals surface area contributed by atoms with Crippen LogP contribution in [-0.2, 0) is 9.53 Å². The summed E-state index contributed by atoms with van der Waals surface area (Å²) in [6, 6.07) is 12.5. The first-order valence-corrected chi connectivity index (χ1v) is 8.98. The first kappa shape index (κ1) is 19.3. The van der Waals surface area contributed by atoms with Gasteiger partial charge < -0.3 is 14.9 Å². The summed E-state index contributed by atoms with van der Waals surface area (Å²) in [7, 11) is 1.30. The van der Waals surface area contributed by atoms with Crippen LogP contribution in [0.4, 0.5) is 5.69 Å². The van der Waals surface area contributed by atoms with Crippen LogP contribution in [0.3, 0.4) is 0 Å². The summed E-state index contributed by atoms with van der Waals surface area (Å²) in [5.41, 5.74) is 3.26. The third kappa shape index (κ3) is 4.28. The Morgan fingerprint density at radius 2 is 1.93 bits per heavy atom. The van der Waals surface area contributed by atoms with Gasteiger partial charge in [0.1, 0.15) is 11.0 Å². The van der Waals surface area contributed by atoms with Crippen molar-refractivity contribution in [3.63, 3.8) is 0 Å². The highest BCUT2D eigenvalue weighted by atomic mass is 16.7.